The summed E-state index contributed by atoms with van der Waals surface area (Å²) in [5, 5.41) is 24.4. The molecular weight excluding hydrogens is 766 g/mol. The van der Waals surface area contributed by atoms with Crippen LogP contribution in [-0.4, -0.2) is 142 Å². The summed E-state index contributed by atoms with van der Waals surface area (Å²) in [5.41, 5.74) is 9.30. The first-order valence-corrected chi connectivity index (χ1v) is 19.1. The number of nitrogens with two attached hydrogens (primary N) is 1. The topological polar surface area (TPSA) is 219 Å². The molecule has 3 heterocycles. The van der Waals surface area contributed by atoms with Gasteiger partial charge in [-0.25, -0.2) is 0 Å². The van der Waals surface area contributed by atoms with Crippen molar-refractivity contribution in [3.8, 4) is 17.2 Å². The van der Waals surface area contributed by atoms with Gasteiger partial charge in [-0.1, -0.05) is 6.07 Å². The molecule has 3 fully saturated rings. The minimum absolute atomic E-state index is 0.00287. The molecule has 0 spiro atoms. The maximum Gasteiger partial charge on any atom is 0.311 e. The normalized spacial score (nSPS) is 14.9. The van der Waals surface area contributed by atoms with Crippen LogP contribution in [-0.2, 0) is 14.4 Å². The maximum atomic E-state index is 11.3. The Labute approximate surface area is 344 Å². The SMILES string of the molecule is CC(=O)N1CCNCC1.COc1cc(C)ccc1[N+](=O)[O-].COc1cc(N2CCN(C(C)=O)CC2)ccc1N.COc1cc(N2CCN(C(C)=O)CC2)ccc1[N+](=O)[O-]. The summed E-state index contributed by atoms with van der Waals surface area (Å²) >= 11 is 0. The van der Waals surface area contributed by atoms with E-state index in [0.29, 0.717) is 43.4 Å². The number of rotatable bonds is 7. The van der Waals surface area contributed by atoms with Crippen LogP contribution in [0.2, 0.25) is 0 Å². The van der Waals surface area contributed by atoms with E-state index in [-0.39, 0.29) is 34.8 Å². The molecule has 19 nitrogen and oxygen atoms in total. The number of benzene rings is 3. The Kier molecular flexibility index (Phi) is 18.4. The third-order valence-corrected chi connectivity index (χ3v) is 9.85. The van der Waals surface area contributed by atoms with E-state index in [1.165, 1.54) is 26.4 Å². The van der Waals surface area contributed by atoms with Crippen LogP contribution >= 0.6 is 0 Å². The lowest BCUT2D eigenvalue weighted by atomic mass is 10.2. The average Bonchev–Trinajstić information content (AvgIpc) is 3.24. The number of anilines is 3. The Morgan fingerprint density at radius 2 is 0.949 bits per heavy atom. The predicted octanol–water partition coefficient (Wildman–Crippen LogP) is 3.57. The summed E-state index contributed by atoms with van der Waals surface area (Å²) in [4.78, 5) is 63.4. The van der Waals surface area contributed by atoms with Gasteiger partial charge in [-0.05, 0) is 36.8 Å². The number of aryl methyl sites for hydroxylation is 1. The summed E-state index contributed by atoms with van der Waals surface area (Å²) in [6, 6.07) is 15.4. The monoisotopic (exact) mass is 823 g/mol. The smallest absolute Gasteiger partial charge is 0.311 e. The third kappa shape index (κ3) is 14.2. The zero-order valence-corrected chi connectivity index (χ0v) is 35.0. The zero-order chi connectivity index (χ0) is 43.6. The molecule has 0 saturated carbocycles. The highest BCUT2D eigenvalue weighted by Gasteiger charge is 2.22. The molecule has 322 valence electrons. The van der Waals surface area contributed by atoms with Crippen molar-refractivity contribution < 1.29 is 38.4 Å². The van der Waals surface area contributed by atoms with E-state index in [2.05, 4.69) is 15.1 Å². The number of amides is 3. The Bertz CT molecular complexity index is 1890. The van der Waals surface area contributed by atoms with Crippen LogP contribution in [0, 0.1) is 27.2 Å². The summed E-state index contributed by atoms with van der Waals surface area (Å²) in [7, 11) is 4.45. The summed E-state index contributed by atoms with van der Waals surface area (Å²) in [5.74, 6) is 1.66. The molecule has 0 atom stereocenters. The van der Waals surface area contributed by atoms with Crippen LogP contribution in [0.15, 0.2) is 54.6 Å². The Balaban J connectivity index is 0.000000219. The van der Waals surface area contributed by atoms with Gasteiger partial charge in [0.25, 0.3) is 0 Å². The van der Waals surface area contributed by atoms with E-state index in [1.807, 2.05) is 34.9 Å². The van der Waals surface area contributed by atoms with Gasteiger partial charge in [0, 0.05) is 135 Å². The molecule has 0 aliphatic carbocycles. The lowest BCUT2D eigenvalue weighted by molar-refractivity contribution is -0.385. The number of nitrogen functional groups attached to an aromatic ring is 1. The van der Waals surface area contributed by atoms with Crippen molar-refractivity contribution in [1.29, 1.82) is 0 Å². The highest BCUT2D eigenvalue weighted by atomic mass is 16.6. The number of hydrogen-bond acceptors (Lipinski definition) is 14. The second-order valence-electron chi connectivity index (χ2n) is 13.7. The quantitative estimate of drug-likeness (QED) is 0.198. The van der Waals surface area contributed by atoms with Gasteiger partial charge in [0.05, 0.1) is 36.9 Å². The number of ether oxygens (including phenoxy) is 3. The van der Waals surface area contributed by atoms with Gasteiger partial charge in [0.2, 0.25) is 17.7 Å². The molecular formula is C40H57N9O10. The van der Waals surface area contributed by atoms with Crippen molar-refractivity contribution in [1.82, 2.24) is 20.0 Å². The van der Waals surface area contributed by atoms with E-state index in [1.54, 1.807) is 57.0 Å². The van der Waals surface area contributed by atoms with Crippen molar-refractivity contribution in [3.05, 3.63) is 80.4 Å². The first-order valence-electron chi connectivity index (χ1n) is 19.1. The van der Waals surface area contributed by atoms with Gasteiger partial charge in [0.15, 0.2) is 11.5 Å². The fraction of sp³-hybridized carbons (Fsp3) is 0.475. The lowest BCUT2D eigenvalue weighted by Gasteiger charge is -2.35. The molecule has 3 aromatic carbocycles. The van der Waals surface area contributed by atoms with E-state index in [0.717, 1.165) is 69.3 Å². The Morgan fingerprint density at radius 3 is 1.34 bits per heavy atom. The summed E-state index contributed by atoms with van der Waals surface area (Å²) in [6.45, 7) is 16.2. The van der Waals surface area contributed by atoms with Crippen LogP contribution in [0.3, 0.4) is 0 Å². The predicted molar refractivity (Wildman–Crippen MR) is 225 cm³/mol. The van der Waals surface area contributed by atoms with Crippen LogP contribution < -0.4 is 35.1 Å². The molecule has 3 amide bonds. The minimum Gasteiger partial charge on any atom is -0.495 e. The van der Waals surface area contributed by atoms with E-state index in [4.69, 9.17) is 19.9 Å². The van der Waals surface area contributed by atoms with Gasteiger partial charge in [0.1, 0.15) is 5.75 Å². The number of nitrogens with zero attached hydrogens (tertiary/aromatic N) is 7. The first kappa shape index (κ1) is 47.0. The Hall–Kier alpha value is -6.37. The molecule has 0 bridgehead atoms. The standard InChI is InChI=1S/C13H17N3O4.C13H19N3O2.C8H9NO3.C6H12N2O/c1-10(17)14-5-7-15(8-6-14)11-3-4-12(16(18)19)13(9-11)20-2;1-10(17)15-5-7-16(8-6-15)11-3-4-12(14)13(9-11)18-2;1-6-3-4-7(9(10)11)8(5-6)12-2;1-6(9)8-4-2-7-3-5-8/h3-4,9H,5-8H2,1-2H3;3-4,9H,5-8,14H2,1-2H3;3-5H,1-2H3;7H,2-5H2,1H3. The number of nitro benzene ring substituents is 2. The largest absolute Gasteiger partial charge is 0.495 e. The fourth-order valence-electron chi connectivity index (χ4n) is 6.38. The molecule has 6 rings (SSSR count). The fourth-order valence-corrected chi connectivity index (χ4v) is 6.38. The summed E-state index contributed by atoms with van der Waals surface area (Å²) < 4.78 is 15.1. The third-order valence-electron chi connectivity index (χ3n) is 9.85. The van der Waals surface area contributed by atoms with E-state index in [9.17, 15) is 34.6 Å². The lowest BCUT2D eigenvalue weighted by Crippen LogP contribution is -2.48. The number of hydrogen-bond donors (Lipinski definition) is 2. The molecule has 3 N–H and O–H groups in total. The van der Waals surface area contributed by atoms with E-state index < -0.39 is 9.85 Å². The molecule has 3 aromatic rings. The first-order chi connectivity index (χ1) is 28.1. The number of carbonyl (C=O) groups excluding carboxylic acids is 3. The highest BCUT2D eigenvalue weighted by Crippen LogP contribution is 2.32. The minimum atomic E-state index is -0.462. The number of nitrogens with one attached hydrogen (secondary N) is 1. The van der Waals surface area contributed by atoms with Gasteiger partial charge in [-0.2, -0.15) is 0 Å². The van der Waals surface area contributed by atoms with Crippen LogP contribution in [0.4, 0.5) is 28.4 Å². The molecule has 19 heteroatoms. The molecule has 0 unspecified atom stereocenters. The second kappa shape index (κ2) is 23.1. The van der Waals surface area contributed by atoms with Crippen molar-refractivity contribution in [3.63, 3.8) is 0 Å². The van der Waals surface area contributed by atoms with E-state index >= 15 is 0 Å². The highest BCUT2D eigenvalue weighted by molar-refractivity contribution is 5.74. The zero-order valence-electron chi connectivity index (χ0n) is 35.0. The van der Waals surface area contributed by atoms with Gasteiger partial charge >= 0.3 is 11.4 Å². The molecule has 3 saturated heterocycles. The Morgan fingerprint density at radius 1 is 0.576 bits per heavy atom. The van der Waals surface area contributed by atoms with Crippen LogP contribution in [0.1, 0.15) is 26.3 Å². The van der Waals surface area contributed by atoms with Crippen molar-refractivity contribution in [2.24, 2.45) is 0 Å². The molecule has 59 heavy (non-hydrogen) atoms. The van der Waals surface area contributed by atoms with Crippen molar-refractivity contribution in [2.45, 2.75) is 27.7 Å². The maximum absolute atomic E-state index is 11.3. The van der Waals surface area contributed by atoms with Crippen LogP contribution in [0.25, 0.3) is 0 Å². The summed E-state index contributed by atoms with van der Waals surface area (Å²) in [6.07, 6.45) is 0. The van der Waals surface area contributed by atoms with Gasteiger partial charge < -0.3 is 49.8 Å². The van der Waals surface area contributed by atoms with Gasteiger partial charge in [-0.15, -0.1) is 0 Å². The van der Waals surface area contributed by atoms with Crippen molar-refractivity contribution in [2.75, 3.05) is 115 Å². The number of carbonyl (C=O) groups is 3. The average molecular weight is 824 g/mol. The number of piperazine rings is 3. The number of methoxy groups -OCH3 is 3. The van der Waals surface area contributed by atoms with Crippen LogP contribution in [0.5, 0.6) is 17.2 Å². The second-order valence-corrected chi connectivity index (χ2v) is 13.7. The number of nitro groups is 2. The molecule has 0 radical (unpaired) electrons. The molecule has 0 aromatic heterocycles. The molecule has 3 aliphatic rings. The van der Waals surface area contributed by atoms with Gasteiger partial charge in [-0.3, -0.25) is 34.6 Å². The molecule has 3 aliphatic heterocycles. The van der Waals surface area contributed by atoms with Crippen molar-refractivity contribution >= 4 is 46.2 Å².